The van der Waals surface area contributed by atoms with Crippen molar-refractivity contribution < 1.29 is 14.0 Å². The summed E-state index contributed by atoms with van der Waals surface area (Å²) in [6, 6.07) is 0. The minimum absolute atomic E-state index is 0.271. The number of esters is 1. The van der Waals surface area contributed by atoms with Crippen molar-refractivity contribution in [1.82, 2.24) is 0 Å². The quantitative estimate of drug-likeness (QED) is 0.0850. The summed E-state index contributed by atoms with van der Waals surface area (Å²) in [6.07, 6.45) is 22.5. The zero-order valence-electron chi connectivity index (χ0n) is 20.4. The number of likely N-dealkylation sites (N-methyl/N-ethyl adjacent to an activating group) is 1. The van der Waals surface area contributed by atoms with Crippen LogP contribution in [0, 0.1) is 0 Å². The molecule has 172 valence electrons. The van der Waals surface area contributed by atoms with Crippen LogP contribution in [-0.2, 0) is 9.53 Å². The summed E-state index contributed by atoms with van der Waals surface area (Å²) in [5.41, 5.74) is 0.480. The fraction of sp³-hybridized carbons (Fsp3) is 0.885. The Kier molecular flexibility index (Phi) is 18.6. The zero-order chi connectivity index (χ0) is 21.8. The molecule has 3 heteroatoms. The Hall–Kier alpha value is -0.830. The number of nitrogens with zero attached hydrogens (tertiary/aromatic N) is 1. The molecule has 0 aromatic carbocycles. The first kappa shape index (κ1) is 28.2. The van der Waals surface area contributed by atoms with Gasteiger partial charge < -0.3 is 9.22 Å². The SMILES string of the molecule is C=C(C)C(=O)OCC[N+](C)(C)CCCCCCCCCCCCCCCCCC. The molecule has 0 aliphatic carbocycles. The van der Waals surface area contributed by atoms with Crippen LogP contribution in [0.15, 0.2) is 12.2 Å². The molecule has 0 saturated heterocycles. The van der Waals surface area contributed by atoms with E-state index in [1.54, 1.807) is 6.92 Å². The average Bonchev–Trinajstić information content (AvgIpc) is 2.67. The van der Waals surface area contributed by atoms with Gasteiger partial charge in [0, 0.05) is 5.57 Å². The molecule has 0 rings (SSSR count). The Labute approximate surface area is 182 Å². The number of ether oxygens (including phenoxy) is 1. The maximum atomic E-state index is 11.4. The van der Waals surface area contributed by atoms with Crippen molar-refractivity contribution in [2.45, 2.75) is 117 Å². The number of hydrogen-bond donors (Lipinski definition) is 0. The minimum Gasteiger partial charge on any atom is -0.456 e. The van der Waals surface area contributed by atoms with Crippen molar-refractivity contribution in [3.8, 4) is 0 Å². The van der Waals surface area contributed by atoms with Crippen LogP contribution in [0.25, 0.3) is 0 Å². The first-order valence-electron chi connectivity index (χ1n) is 12.5. The largest absolute Gasteiger partial charge is 0.456 e. The standard InChI is InChI=1S/C26H52NO2/c1-6-7-8-9-10-11-12-13-14-15-16-17-18-19-20-21-22-27(4,5)23-24-29-26(28)25(2)3/h2,6-24H2,1,3-5H3/q+1. The van der Waals surface area contributed by atoms with Gasteiger partial charge >= 0.3 is 5.97 Å². The van der Waals surface area contributed by atoms with E-state index in [0.717, 1.165) is 17.6 Å². The summed E-state index contributed by atoms with van der Waals surface area (Å²) in [7, 11) is 4.44. The number of carbonyl (C=O) groups excluding carboxylic acids is 1. The highest BCUT2D eigenvalue weighted by Gasteiger charge is 2.15. The summed E-state index contributed by atoms with van der Waals surface area (Å²) in [4.78, 5) is 11.4. The molecule has 0 N–H and O–H groups in total. The fourth-order valence-corrected chi connectivity index (χ4v) is 3.71. The van der Waals surface area contributed by atoms with Crippen LogP contribution in [0.1, 0.15) is 117 Å². The van der Waals surface area contributed by atoms with Gasteiger partial charge in [0.2, 0.25) is 0 Å². The number of unbranched alkanes of at least 4 members (excludes halogenated alkanes) is 15. The Morgan fingerprint density at radius 3 is 1.45 bits per heavy atom. The van der Waals surface area contributed by atoms with Gasteiger partial charge in [-0.05, 0) is 19.8 Å². The van der Waals surface area contributed by atoms with Crippen molar-refractivity contribution in [2.75, 3.05) is 33.8 Å². The number of rotatable bonds is 21. The lowest BCUT2D eigenvalue weighted by molar-refractivity contribution is -0.890. The topological polar surface area (TPSA) is 26.3 Å². The lowest BCUT2D eigenvalue weighted by Crippen LogP contribution is -2.43. The Bertz CT molecular complexity index is 404. The molecular formula is C26H52NO2+. The number of carbonyl (C=O) groups is 1. The molecule has 0 atom stereocenters. The van der Waals surface area contributed by atoms with E-state index in [4.69, 9.17) is 4.74 Å². The second kappa shape index (κ2) is 19.2. The maximum absolute atomic E-state index is 11.4. The highest BCUT2D eigenvalue weighted by molar-refractivity contribution is 5.86. The third-order valence-corrected chi connectivity index (χ3v) is 5.90. The molecule has 0 aromatic rings. The third-order valence-electron chi connectivity index (χ3n) is 5.90. The zero-order valence-corrected chi connectivity index (χ0v) is 20.4. The summed E-state index contributed by atoms with van der Waals surface area (Å²) in [5, 5.41) is 0. The smallest absolute Gasteiger partial charge is 0.333 e. The predicted octanol–water partition coefficient (Wildman–Crippen LogP) is 7.44. The van der Waals surface area contributed by atoms with Gasteiger partial charge in [0.05, 0.1) is 20.6 Å². The van der Waals surface area contributed by atoms with Crippen molar-refractivity contribution in [1.29, 1.82) is 0 Å². The second-order valence-electron chi connectivity index (χ2n) is 9.60. The van der Waals surface area contributed by atoms with Gasteiger partial charge in [-0.2, -0.15) is 0 Å². The molecule has 0 aliphatic rings. The minimum atomic E-state index is -0.271. The summed E-state index contributed by atoms with van der Waals surface area (Å²) in [5.74, 6) is -0.271. The van der Waals surface area contributed by atoms with Crippen LogP contribution in [0.5, 0.6) is 0 Å². The first-order chi connectivity index (χ1) is 13.9. The molecule has 0 spiro atoms. The van der Waals surface area contributed by atoms with Gasteiger partial charge in [0.1, 0.15) is 13.2 Å². The van der Waals surface area contributed by atoms with E-state index in [-0.39, 0.29) is 5.97 Å². The van der Waals surface area contributed by atoms with E-state index in [0.29, 0.717) is 12.2 Å². The van der Waals surface area contributed by atoms with Gasteiger partial charge in [-0.25, -0.2) is 4.79 Å². The van der Waals surface area contributed by atoms with Crippen molar-refractivity contribution in [2.24, 2.45) is 0 Å². The molecular weight excluding hydrogens is 358 g/mol. The number of quaternary nitrogens is 1. The Morgan fingerprint density at radius 1 is 0.690 bits per heavy atom. The normalized spacial score (nSPS) is 11.6. The van der Waals surface area contributed by atoms with Crippen LogP contribution in [0.2, 0.25) is 0 Å². The van der Waals surface area contributed by atoms with Gasteiger partial charge in [-0.1, -0.05) is 103 Å². The van der Waals surface area contributed by atoms with E-state index >= 15 is 0 Å². The molecule has 0 aliphatic heterocycles. The summed E-state index contributed by atoms with van der Waals surface area (Å²) in [6.45, 7) is 10.1. The predicted molar refractivity (Wildman–Crippen MR) is 127 cm³/mol. The van der Waals surface area contributed by atoms with Gasteiger partial charge in [0.25, 0.3) is 0 Å². The maximum Gasteiger partial charge on any atom is 0.333 e. The third kappa shape index (κ3) is 20.2. The molecule has 3 nitrogen and oxygen atoms in total. The molecule has 0 radical (unpaired) electrons. The van der Waals surface area contributed by atoms with Crippen LogP contribution in [-0.4, -0.2) is 44.2 Å². The first-order valence-corrected chi connectivity index (χ1v) is 12.5. The van der Waals surface area contributed by atoms with Crippen LogP contribution >= 0.6 is 0 Å². The van der Waals surface area contributed by atoms with Gasteiger partial charge in [0.15, 0.2) is 0 Å². The van der Waals surface area contributed by atoms with E-state index in [2.05, 4.69) is 27.6 Å². The molecule has 0 fully saturated rings. The highest BCUT2D eigenvalue weighted by Crippen LogP contribution is 2.14. The van der Waals surface area contributed by atoms with Crippen molar-refractivity contribution >= 4 is 5.97 Å². The molecule has 0 unspecified atom stereocenters. The molecule has 0 amide bonds. The fourth-order valence-electron chi connectivity index (χ4n) is 3.71. The molecule has 29 heavy (non-hydrogen) atoms. The van der Waals surface area contributed by atoms with E-state index < -0.39 is 0 Å². The molecule has 0 bridgehead atoms. The average molecular weight is 411 g/mol. The Morgan fingerprint density at radius 2 is 1.07 bits per heavy atom. The molecule has 0 aromatic heterocycles. The lowest BCUT2D eigenvalue weighted by Gasteiger charge is -2.29. The van der Waals surface area contributed by atoms with E-state index in [9.17, 15) is 4.79 Å². The van der Waals surface area contributed by atoms with Crippen molar-refractivity contribution in [3.05, 3.63) is 12.2 Å². The van der Waals surface area contributed by atoms with Crippen LogP contribution < -0.4 is 0 Å². The van der Waals surface area contributed by atoms with Crippen molar-refractivity contribution in [3.63, 3.8) is 0 Å². The lowest BCUT2D eigenvalue weighted by atomic mass is 10.0. The molecule has 0 saturated carbocycles. The Balaban J connectivity index is 3.33. The van der Waals surface area contributed by atoms with Gasteiger partial charge in [-0.3, -0.25) is 0 Å². The highest BCUT2D eigenvalue weighted by atomic mass is 16.5. The second-order valence-corrected chi connectivity index (χ2v) is 9.60. The summed E-state index contributed by atoms with van der Waals surface area (Å²) >= 11 is 0. The summed E-state index contributed by atoms with van der Waals surface area (Å²) < 4.78 is 6.14. The number of hydrogen-bond acceptors (Lipinski definition) is 2. The van der Waals surface area contributed by atoms with Crippen LogP contribution in [0.3, 0.4) is 0 Å². The van der Waals surface area contributed by atoms with Crippen LogP contribution in [0.4, 0.5) is 0 Å². The van der Waals surface area contributed by atoms with Gasteiger partial charge in [-0.15, -0.1) is 0 Å². The monoisotopic (exact) mass is 410 g/mol. The molecule has 0 heterocycles. The van der Waals surface area contributed by atoms with E-state index in [1.807, 2.05) is 0 Å². The van der Waals surface area contributed by atoms with E-state index in [1.165, 1.54) is 103 Å².